The molecule has 0 fully saturated rings. The molecule has 0 saturated carbocycles. The minimum absolute atomic E-state index is 0.641. The van der Waals surface area contributed by atoms with Crippen molar-refractivity contribution in [2.75, 3.05) is 5.32 Å². The van der Waals surface area contributed by atoms with Crippen molar-refractivity contribution >= 4 is 22.5 Å². The van der Waals surface area contributed by atoms with Gasteiger partial charge in [0, 0.05) is 29.4 Å². The molecule has 0 aliphatic carbocycles. The number of aromatic nitrogens is 5. The van der Waals surface area contributed by atoms with Gasteiger partial charge in [-0.3, -0.25) is 10.1 Å². The van der Waals surface area contributed by atoms with Gasteiger partial charge in [-0.1, -0.05) is 42.5 Å². The van der Waals surface area contributed by atoms with Crippen LogP contribution in [0, 0.1) is 0 Å². The van der Waals surface area contributed by atoms with E-state index < -0.39 is 0 Å². The van der Waals surface area contributed by atoms with Crippen molar-refractivity contribution in [3.8, 4) is 22.6 Å². The van der Waals surface area contributed by atoms with Gasteiger partial charge in [-0.2, -0.15) is 5.10 Å². The van der Waals surface area contributed by atoms with Gasteiger partial charge in [0.05, 0.1) is 11.2 Å². The van der Waals surface area contributed by atoms with Crippen LogP contribution in [-0.2, 0) is 0 Å². The lowest BCUT2D eigenvalue weighted by molar-refractivity contribution is 1.09. The van der Waals surface area contributed by atoms with Crippen LogP contribution in [0.25, 0.3) is 33.5 Å². The lowest BCUT2D eigenvalue weighted by atomic mass is 10.1. The minimum Gasteiger partial charge on any atom is -0.323 e. The highest BCUT2D eigenvalue weighted by atomic mass is 15.2. The summed E-state index contributed by atoms with van der Waals surface area (Å²) in [6, 6.07) is 23.8. The zero-order chi connectivity index (χ0) is 18.8. The molecule has 28 heavy (non-hydrogen) atoms. The number of para-hydroxylation sites is 1. The molecule has 5 aromatic rings. The number of H-pyrrole nitrogens is 1. The Balaban J connectivity index is 1.56. The molecule has 0 radical (unpaired) electrons. The summed E-state index contributed by atoms with van der Waals surface area (Å²) in [6.45, 7) is 0. The first-order valence-electron chi connectivity index (χ1n) is 8.92. The lowest BCUT2D eigenvalue weighted by Crippen LogP contribution is -1.99. The highest BCUT2D eigenvalue weighted by Crippen LogP contribution is 2.28. The molecule has 2 N–H and O–H groups in total. The van der Waals surface area contributed by atoms with Gasteiger partial charge in [0.1, 0.15) is 5.82 Å². The van der Waals surface area contributed by atoms with E-state index in [0.717, 1.165) is 27.7 Å². The summed E-state index contributed by atoms with van der Waals surface area (Å²) in [6.07, 6.45) is 3.47. The zero-order valence-corrected chi connectivity index (χ0v) is 14.9. The average Bonchev–Trinajstić information content (AvgIpc) is 3.23. The average molecular weight is 364 g/mol. The number of hydrogen-bond donors (Lipinski definition) is 2. The van der Waals surface area contributed by atoms with E-state index >= 15 is 0 Å². The Kier molecular flexibility index (Phi) is 3.99. The number of rotatable bonds is 4. The van der Waals surface area contributed by atoms with E-state index in [1.807, 2.05) is 72.8 Å². The van der Waals surface area contributed by atoms with E-state index in [9.17, 15) is 0 Å². The molecule has 3 aromatic heterocycles. The maximum Gasteiger partial charge on any atom is 0.162 e. The van der Waals surface area contributed by atoms with Gasteiger partial charge < -0.3 is 5.32 Å². The Labute approximate surface area is 161 Å². The van der Waals surface area contributed by atoms with E-state index in [1.54, 1.807) is 12.4 Å². The van der Waals surface area contributed by atoms with E-state index in [-0.39, 0.29) is 0 Å². The van der Waals surface area contributed by atoms with E-state index in [2.05, 4.69) is 20.5 Å². The van der Waals surface area contributed by atoms with Gasteiger partial charge in [-0.25, -0.2) is 9.97 Å². The fraction of sp³-hybridized carbons (Fsp3) is 0. The Morgan fingerprint density at radius 2 is 1.54 bits per heavy atom. The molecule has 0 unspecified atom stereocenters. The van der Waals surface area contributed by atoms with E-state index in [4.69, 9.17) is 9.97 Å². The summed E-state index contributed by atoms with van der Waals surface area (Å²) in [5.74, 6) is 2.05. The van der Waals surface area contributed by atoms with Crippen molar-refractivity contribution < 1.29 is 0 Å². The Bertz CT molecular complexity index is 1230. The second-order valence-electron chi connectivity index (χ2n) is 6.31. The zero-order valence-electron chi connectivity index (χ0n) is 14.9. The quantitative estimate of drug-likeness (QED) is 0.478. The van der Waals surface area contributed by atoms with Crippen molar-refractivity contribution in [2.45, 2.75) is 0 Å². The van der Waals surface area contributed by atoms with Crippen LogP contribution in [0.15, 0.2) is 85.2 Å². The first-order chi connectivity index (χ1) is 13.9. The molecule has 0 saturated heterocycles. The van der Waals surface area contributed by atoms with E-state index in [1.165, 1.54) is 0 Å². The molecule has 0 aliphatic heterocycles. The number of fused-ring (bicyclic) bond motifs is 1. The third kappa shape index (κ3) is 3.07. The summed E-state index contributed by atoms with van der Waals surface area (Å²) in [5, 5.41) is 11.7. The van der Waals surface area contributed by atoms with Crippen molar-refractivity contribution in [1.82, 2.24) is 25.1 Å². The van der Waals surface area contributed by atoms with Crippen LogP contribution in [0.4, 0.5) is 11.6 Å². The van der Waals surface area contributed by atoms with Crippen LogP contribution in [0.2, 0.25) is 0 Å². The molecule has 0 aliphatic rings. The SMILES string of the molecule is c1ccc(-c2cc(Nc3nc(-c4ccncc4)nc4ccccc34)n[nH]2)cc1. The molecule has 0 amide bonds. The number of aromatic amines is 1. The predicted octanol–water partition coefficient (Wildman–Crippen LogP) is 4.83. The number of nitrogens with one attached hydrogen (secondary N) is 2. The van der Waals surface area contributed by atoms with Crippen LogP contribution in [0.3, 0.4) is 0 Å². The van der Waals surface area contributed by atoms with Gasteiger partial charge in [-0.05, 0) is 29.8 Å². The summed E-state index contributed by atoms with van der Waals surface area (Å²) in [4.78, 5) is 13.5. The van der Waals surface area contributed by atoms with Crippen LogP contribution in [0.5, 0.6) is 0 Å². The number of benzene rings is 2. The third-order valence-corrected chi connectivity index (χ3v) is 4.45. The Hall–Kier alpha value is -4.06. The van der Waals surface area contributed by atoms with Crippen LogP contribution in [-0.4, -0.2) is 25.1 Å². The van der Waals surface area contributed by atoms with Gasteiger partial charge in [0.15, 0.2) is 11.6 Å². The standard InChI is InChI=1S/C22H16N6/c1-2-6-15(7-3-1)19-14-20(28-27-19)25-22-17-8-4-5-9-18(17)24-21(26-22)16-10-12-23-13-11-16/h1-14H,(H2,24,25,26,27,28). The maximum absolute atomic E-state index is 4.74. The number of pyridine rings is 1. The number of nitrogens with zero attached hydrogens (tertiary/aromatic N) is 4. The highest BCUT2D eigenvalue weighted by molar-refractivity contribution is 5.92. The first-order valence-corrected chi connectivity index (χ1v) is 8.92. The maximum atomic E-state index is 4.74. The smallest absolute Gasteiger partial charge is 0.162 e. The summed E-state index contributed by atoms with van der Waals surface area (Å²) in [7, 11) is 0. The normalized spacial score (nSPS) is 10.9. The molecule has 2 aromatic carbocycles. The summed E-state index contributed by atoms with van der Waals surface area (Å²) >= 11 is 0. The molecule has 3 heterocycles. The Morgan fingerprint density at radius 1 is 0.750 bits per heavy atom. The Morgan fingerprint density at radius 3 is 2.39 bits per heavy atom. The predicted molar refractivity (Wildman–Crippen MR) is 110 cm³/mol. The van der Waals surface area contributed by atoms with Gasteiger partial charge in [0.25, 0.3) is 0 Å². The molecular formula is C22H16N6. The molecule has 6 nitrogen and oxygen atoms in total. The summed E-state index contributed by atoms with van der Waals surface area (Å²) in [5.41, 5.74) is 3.80. The molecule has 0 atom stereocenters. The minimum atomic E-state index is 0.641. The van der Waals surface area contributed by atoms with Crippen molar-refractivity contribution in [1.29, 1.82) is 0 Å². The highest BCUT2D eigenvalue weighted by Gasteiger charge is 2.11. The van der Waals surface area contributed by atoms with Gasteiger partial charge in [0.2, 0.25) is 0 Å². The van der Waals surface area contributed by atoms with Crippen LogP contribution in [0.1, 0.15) is 0 Å². The fourth-order valence-electron chi connectivity index (χ4n) is 3.07. The molecular weight excluding hydrogens is 348 g/mol. The molecule has 0 bridgehead atoms. The summed E-state index contributed by atoms with van der Waals surface area (Å²) < 4.78 is 0. The molecule has 6 heteroatoms. The van der Waals surface area contributed by atoms with Gasteiger partial charge >= 0.3 is 0 Å². The van der Waals surface area contributed by atoms with Crippen molar-refractivity contribution in [3.63, 3.8) is 0 Å². The number of hydrogen-bond acceptors (Lipinski definition) is 5. The topological polar surface area (TPSA) is 79.4 Å². The lowest BCUT2D eigenvalue weighted by Gasteiger charge is -2.09. The van der Waals surface area contributed by atoms with Crippen molar-refractivity contribution in [2.24, 2.45) is 0 Å². The third-order valence-electron chi connectivity index (χ3n) is 4.45. The fourth-order valence-corrected chi connectivity index (χ4v) is 3.07. The van der Waals surface area contributed by atoms with Gasteiger partial charge in [-0.15, -0.1) is 0 Å². The largest absolute Gasteiger partial charge is 0.323 e. The second-order valence-corrected chi connectivity index (χ2v) is 6.31. The van der Waals surface area contributed by atoms with Crippen LogP contribution < -0.4 is 5.32 Å². The monoisotopic (exact) mass is 364 g/mol. The van der Waals surface area contributed by atoms with Crippen molar-refractivity contribution in [3.05, 3.63) is 85.2 Å². The van der Waals surface area contributed by atoms with E-state index in [0.29, 0.717) is 17.5 Å². The molecule has 0 spiro atoms. The molecule has 5 rings (SSSR count). The molecule has 134 valence electrons. The van der Waals surface area contributed by atoms with Crippen LogP contribution >= 0.6 is 0 Å². The number of anilines is 2. The second kappa shape index (κ2) is 6.92. The first kappa shape index (κ1) is 16.1.